The van der Waals surface area contributed by atoms with Crippen LogP contribution in [0, 0.1) is 0 Å². The smallest absolute Gasteiger partial charge is 0.264 e. The summed E-state index contributed by atoms with van der Waals surface area (Å²) in [5.74, 6) is 0. The Balaban J connectivity index is 1.96. The maximum absolute atomic E-state index is 10.8. The number of benzene rings is 1. The molecule has 2 rings (SSSR count). The van der Waals surface area contributed by atoms with Gasteiger partial charge < -0.3 is 4.57 Å². The van der Waals surface area contributed by atoms with E-state index in [1.807, 2.05) is 30.5 Å². The topological polar surface area (TPSA) is 48.3 Å². The number of hydrogen-bond donors (Lipinski definition) is 0. The largest absolute Gasteiger partial charge is 0.347 e. The van der Waals surface area contributed by atoms with Crippen LogP contribution in [0.4, 0.5) is 0 Å². The number of fused-ring (bicyclic) bond motifs is 1. The van der Waals surface area contributed by atoms with Crippen LogP contribution in [0.5, 0.6) is 0 Å². The van der Waals surface area contributed by atoms with Gasteiger partial charge >= 0.3 is 0 Å². The fraction of sp³-hybridized carbons (Fsp3) is 0.333. The Morgan fingerprint density at radius 2 is 2.00 bits per heavy atom. The first-order valence-electron chi connectivity index (χ1n) is 5.44. The van der Waals surface area contributed by atoms with E-state index >= 15 is 0 Å². The average molecular weight is 253 g/mol. The minimum atomic E-state index is -3.32. The molecule has 0 radical (unpaired) electrons. The normalized spacial score (nSPS) is 12.1. The predicted octanol–water partition coefficient (Wildman–Crippen LogP) is 2.01. The molecular weight excluding hydrogens is 238 g/mol. The molecule has 0 unspecified atom stereocenters. The van der Waals surface area contributed by atoms with E-state index in [0.29, 0.717) is 6.42 Å². The standard InChI is InChI=1S/C12H15NO3S/c1-17(14,15)16-10-4-8-13-9-7-11-5-2-3-6-12(11)13/h2-3,5-7,9H,4,8,10H2,1H3. The predicted molar refractivity (Wildman–Crippen MR) is 67.4 cm³/mol. The number of hydrogen-bond acceptors (Lipinski definition) is 3. The average Bonchev–Trinajstić information content (AvgIpc) is 2.67. The van der Waals surface area contributed by atoms with Crippen LogP contribution in [-0.4, -0.2) is 25.8 Å². The van der Waals surface area contributed by atoms with Crippen molar-refractivity contribution in [2.24, 2.45) is 0 Å². The number of aryl methyl sites for hydroxylation is 1. The van der Waals surface area contributed by atoms with Gasteiger partial charge in [-0.05, 0) is 23.9 Å². The quantitative estimate of drug-likeness (QED) is 0.605. The highest BCUT2D eigenvalue weighted by molar-refractivity contribution is 7.85. The van der Waals surface area contributed by atoms with Crippen LogP contribution < -0.4 is 0 Å². The van der Waals surface area contributed by atoms with E-state index in [1.54, 1.807) is 0 Å². The van der Waals surface area contributed by atoms with Crippen molar-refractivity contribution in [2.75, 3.05) is 12.9 Å². The Morgan fingerprint density at radius 3 is 2.76 bits per heavy atom. The summed E-state index contributed by atoms with van der Waals surface area (Å²) in [5.41, 5.74) is 1.16. The van der Waals surface area contributed by atoms with Crippen LogP contribution >= 0.6 is 0 Å². The van der Waals surface area contributed by atoms with E-state index in [4.69, 9.17) is 4.18 Å². The lowest BCUT2D eigenvalue weighted by molar-refractivity contribution is 0.308. The van der Waals surface area contributed by atoms with Gasteiger partial charge in [0.05, 0.1) is 12.9 Å². The molecule has 0 amide bonds. The molecule has 0 fully saturated rings. The zero-order valence-corrected chi connectivity index (χ0v) is 10.5. The van der Waals surface area contributed by atoms with Gasteiger partial charge in [-0.15, -0.1) is 0 Å². The third-order valence-electron chi connectivity index (χ3n) is 2.52. The lowest BCUT2D eigenvalue weighted by Crippen LogP contribution is -2.06. The first-order valence-corrected chi connectivity index (χ1v) is 7.26. The number of aromatic nitrogens is 1. The van der Waals surface area contributed by atoms with Crippen LogP contribution in [-0.2, 0) is 20.8 Å². The van der Waals surface area contributed by atoms with E-state index in [1.165, 1.54) is 5.39 Å². The van der Waals surface area contributed by atoms with Gasteiger partial charge in [0.2, 0.25) is 0 Å². The van der Waals surface area contributed by atoms with Gasteiger partial charge in [-0.25, -0.2) is 0 Å². The van der Waals surface area contributed by atoms with E-state index in [0.717, 1.165) is 18.3 Å². The number of nitrogens with zero attached hydrogens (tertiary/aromatic N) is 1. The molecule has 0 aliphatic carbocycles. The lowest BCUT2D eigenvalue weighted by Gasteiger charge is -2.05. The lowest BCUT2D eigenvalue weighted by atomic mass is 10.2. The Kier molecular flexibility index (Phi) is 3.49. The SMILES string of the molecule is CS(=O)(=O)OCCCn1ccc2ccccc21. The first kappa shape index (κ1) is 12.1. The molecule has 0 aliphatic rings. The molecule has 5 heteroatoms. The van der Waals surface area contributed by atoms with Crippen molar-refractivity contribution < 1.29 is 12.6 Å². The molecule has 0 N–H and O–H groups in total. The van der Waals surface area contributed by atoms with Crippen LogP contribution in [0.2, 0.25) is 0 Å². The van der Waals surface area contributed by atoms with Crippen LogP contribution in [0.1, 0.15) is 6.42 Å². The monoisotopic (exact) mass is 253 g/mol. The zero-order chi connectivity index (χ0) is 12.3. The molecule has 4 nitrogen and oxygen atoms in total. The summed E-state index contributed by atoms with van der Waals surface area (Å²) in [5, 5.41) is 1.19. The highest BCUT2D eigenvalue weighted by Crippen LogP contribution is 2.15. The van der Waals surface area contributed by atoms with E-state index in [-0.39, 0.29) is 6.61 Å². The summed E-state index contributed by atoms with van der Waals surface area (Å²) in [6.07, 6.45) is 3.74. The molecular formula is C12H15NO3S. The molecule has 0 spiro atoms. The van der Waals surface area contributed by atoms with Crippen molar-refractivity contribution >= 4 is 21.0 Å². The van der Waals surface area contributed by atoms with Crippen molar-refractivity contribution in [3.05, 3.63) is 36.5 Å². The van der Waals surface area contributed by atoms with Crippen molar-refractivity contribution in [1.29, 1.82) is 0 Å². The van der Waals surface area contributed by atoms with Crippen molar-refractivity contribution in [2.45, 2.75) is 13.0 Å². The maximum Gasteiger partial charge on any atom is 0.264 e. The fourth-order valence-corrected chi connectivity index (χ4v) is 2.20. The van der Waals surface area contributed by atoms with E-state index in [2.05, 4.69) is 10.6 Å². The Morgan fingerprint density at radius 1 is 1.24 bits per heavy atom. The molecule has 17 heavy (non-hydrogen) atoms. The highest BCUT2D eigenvalue weighted by Gasteiger charge is 2.02. The molecule has 0 atom stereocenters. The summed E-state index contributed by atoms with van der Waals surface area (Å²) in [4.78, 5) is 0. The van der Waals surface area contributed by atoms with Gasteiger partial charge in [0.1, 0.15) is 0 Å². The third kappa shape index (κ3) is 3.31. The second-order valence-electron chi connectivity index (χ2n) is 3.95. The molecule has 0 aliphatic heterocycles. The van der Waals surface area contributed by atoms with Crippen molar-refractivity contribution in [3.63, 3.8) is 0 Å². The Hall–Kier alpha value is -1.33. The Bertz CT molecular complexity index is 601. The molecule has 2 aromatic rings. The van der Waals surface area contributed by atoms with Crippen LogP contribution in [0.3, 0.4) is 0 Å². The van der Waals surface area contributed by atoms with Gasteiger partial charge in [-0.3, -0.25) is 4.18 Å². The fourth-order valence-electron chi connectivity index (χ4n) is 1.78. The molecule has 0 saturated carbocycles. The summed E-state index contributed by atoms with van der Waals surface area (Å²) in [6.45, 7) is 0.981. The van der Waals surface area contributed by atoms with Crippen LogP contribution in [0.25, 0.3) is 10.9 Å². The zero-order valence-electron chi connectivity index (χ0n) is 9.67. The molecule has 92 valence electrons. The van der Waals surface area contributed by atoms with Gasteiger partial charge in [0, 0.05) is 18.3 Å². The van der Waals surface area contributed by atoms with Crippen molar-refractivity contribution in [3.8, 4) is 0 Å². The van der Waals surface area contributed by atoms with Crippen LogP contribution in [0.15, 0.2) is 36.5 Å². The number of para-hydroxylation sites is 1. The second-order valence-corrected chi connectivity index (χ2v) is 5.59. The first-order chi connectivity index (χ1) is 8.06. The van der Waals surface area contributed by atoms with Gasteiger partial charge in [-0.1, -0.05) is 18.2 Å². The maximum atomic E-state index is 10.8. The molecule has 1 aromatic carbocycles. The van der Waals surface area contributed by atoms with E-state index < -0.39 is 10.1 Å². The second kappa shape index (κ2) is 4.89. The molecule has 0 saturated heterocycles. The minimum absolute atomic E-state index is 0.228. The molecule has 0 bridgehead atoms. The van der Waals surface area contributed by atoms with E-state index in [9.17, 15) is 8.42 Å². The van der Waals surface area contributed by atoms with Crippen molar-refractivity contribution in [1.82, 2.24) is 4.57 Å². The minimum Gasteiger partial charge on any atom is -0.347 e. The summed E-state index contributed by atoms with van der Waals surface area (Å²) < 4.78 is 28.3. The van der Waals surface area contributed by atoms with Gasteiger partial charge in [-0.2, -0.15) is 8.42 Å². The summed E-state index contributed by atoms with van der Waals surface area (Å²) >= 11 is 0. The summed E-state index contributed by atoms with van der Waals surface area (Å²) in [6, 6.07) is 10.1. The number of rotatable bonds is 5. The van der Waals surface area contributed by atoms with Gasteiger partial charge in [0.15, 0.2) is 0 Å². The third-order valence-corrected chi connectivity index (χ3v) is 3.12. The Labute approximate surface area is 101 Å². The molecule has 1 heterocycles. The highest BCUT2D eigenvalue weighted by atomic mass is 32.2. The molecule has 1 aromatic heterocycles. The summed E-state index contributed by atoms with van der Waals surface area (Å²) in [7, 11) is -3.32. The van der Waals surface area contributed by atoms with Gasteiger partial charge in [0.25, 0.3) is 10.1 Å².